The molecule has 0 aromatic heterocycles. The fraction of sp³-hybridized carbons (Fsp3) is 0.300. The third kappa shape index (κ3) is 1.49. The predicted octanol–water partition coefficient (Wildman–Crippen LogP) is 1.61. The highest BCUT2D eigenvalue weighted by molar-refractivity contribution is 6.31. The van der Waals surface area contributed by atoms with Gasteiger partial charge in [0.25, 0.3) is 0 Å². The molecule has 1 atom stereocenters. The minimum atomic E-state index is -0.876. The largest absolute Gasteiger partial charge is 0.480 e. The summed E-state index contributed by atoms with van der Waals surface area (Å²) in [6, 6.07) is 4.85. The molecule has 0 saturated carbocycles. The Hall–Kier alpha value is -1.06. The Labute approximate surface area is 86.7 Å². The van der Waals surface area contributed by atoms with Gasteiger partial charge in [0.1, 0.15) is 6.04 Å². The minimum Gasteiger partial charge on any atom is -0.480 e. The number of fused-ring (bicyclic) bond motifs is 1. The van der Waals surface area contributed by atoms with Crippen LogP contribution in [0.15, 0.2) is 18.2 Å². The van der Waals surface area contributed by atoms with Crippen molar-refractivity contribution >= 4 is 17.6 Å². The maximum Gasteiger partial charge on any atom is 0.325 e. The molecule has 4 heteroatoms. The van der Waals surface area contributed by atoms with E-state index in [9.17, 15) is 4.79 Å². The van der Waals surface area contributed by atoms with Crippen molar-refractivity contribution in [2.45, 2.75) is 12.5 Å². The minimum absolute atomic E-state index is 0.530. The van der Waals surface area contributed by atoms with Gasteiger partial charge in [-0.2, -0.15) is 0 Å². The van der Waals surface area contributed by atoms with Crippen molar-refractivity contribution in [1.29, 1.82) is 0 Å². The number of nitrogens with one attached hydrogen (secondary N) is 1. The average molecular weight is 212 g/mol. The molecule has 1 heterocycles. The van der Waals surface area contributed by atoms with E-state index in [0.717, 1.165) is 12.0 Å². The van der Waals surface area contributed by atoms with Crippen LogP contribution in [0.2, 0.25) is 5.02 Å². The van der Waals surface area contributed by atoms with E-state index in [0.29, 0.717) is 17.1 Å². The molecule has 0 unspecified atom stereocenters. The van der Waals surface area contributed by atoms with Crippen LogP contribution in [0.4, 0.5) is 0 Å². The highest BCUT2D eigenvalue weighted by Crippen LogP contribution is 2.29. The first-order valence-corrected chi connectivity index (χ1v) is 4.81. The molecular weight excluding hydrogens is 202 g/mol. The van der Waals surface area contributed by atoms with E-state index in [4.69, 9.17) is 16.7 Å². The van der Waals surface area contributed by atoms with Gasteiger partial charge in [-0.3, -0.25) is 4.79 Å². The van der Waals surface area contributed by atoms with E-state index in [1.165, 1.54) is 0 Å². The molecular formula is C10H10ClNO2. The van der Waals surface area contributed by atoms with Crippen molar-refractivity contribution in [2.75, 3.05) is 6.54 Å². The van der Waals surface area contributed by atoms with Gasteiger partial charge in [-0.25, -0.2) is 0 Å². The molecule has 0 aliphatic carbocycles. The Morgan fingerprint density at radius 1 is 1.57 bits per heavy atom. The fourth-order valence-electron chi connectivity index (χ4n) is 1.79. The first-order valence-electron chi connectivity index (χ1n) is 4.43. The summed E-state index contributed by atoms with van der Waals surface area (Å²) in [5.74, 6) is -0.876. The zero-order chi connectivity index (χ0) is 10.1. The number of hydrogen-bond donors (Lipinski definition) is 2. The van der Waals surface area contributed by atoms with Gasteiger partial charge in [-0.1, -0.05) is 23.7 Å². The maximum atomic E-state index is 10.9. The fourth-order valence-corrected chi connectivity index (χ4v) is 2.09. The van der Waals surface area contributed by atoms with Gasteiger partial charge in [0.15, 0.2) is 0 Å². The lowest BCUT2D eigenvalue weighted by molar-refractivity contribution is -0.139. The van der Waals surface area contributed by atoms with E-state index < -0.39 is 12.0 Å². The summed E-state index contributed by atoms with van der Waals surface area (Å²) in [5.41, 5.74) is 1.75. The molecule has 1 aromatic carbocycles. The van der Waals surface area contributed by atoms with Gasteiger partial charge < -0.3 is 10.4 Å². The zero-order valence-electron chi connectivity index (χ0n) is 7.46. The molecule has 3 nitrogen and oxygen atoms in total. The number of carbonyl (C=O) groups is 1. The first-order chi connectivity index (χ1) is 6.70. The Kier molecular flexibility index (Phi) is 2.44. The van der Waals surface area contributed by atoms with Gasteiger partial charge in [0, 0.05) is 17.1 Å². The highest BCUT2D eigenvalue weighted by atomic mass is 35.5. The van der Waals surface area contributed by atoms with E-state index in [1.54, 1.807) is 6.07 Å². The highest BCUT2D eigenvalue weighted by Gasteiger charge is 2.27. The first kappa shape index (κ1) is 9.49. The second-order valence-corrected chi connectivity index (χ2v) is 3.70. The van der Waals surface area contributed by atoms with Crippen LogP contribution in [0, 0.1) is 0 Å². The molecule has 2 rings (SSSR count). The Morgan fingerprint density at radius 3 is 3.07 bits per heavy atom. The lowest BCUT2D eigenvalue weighted by Gasteiger charge is -2.24. The van der Waals surface area contributed by atoms with Gasteiger partial charge in [-0.15, -0.1) is 0 Å². The van der Waals surface area contributed by atoms with Gasteiger partial charge >= 0.3 is 5.97 Å². The molecule has 1 aromatic rings. The van der Waals surface area contributed by atoms with Crippen LogP contribution >= 0.6 is 11.6 Å². The van der Waals surface area contributed by atoms with Crippen molar-refractivity contribution in [3.8, 4) is 0 Å². The lowest BCUT2D eigenvalue weighted by atomic mass is 9.94. The number of halogens is 1. The number of hydrogen-bond acceptors (Lipinski definition) is 2. The number of benzene rings is 1. The van der Waals surface area contributed by atoms with Crippen molar-refractivity contribution < 1.29 is 9.90 Å². The molecule has 0 amide bonds. The summed E-state index contributed by atoms with van der Waals surface area (Å²) in [6.45, 7) is 0.685. The summed E-state index contributed by atoms with van der Waals surface area (Å²) in [4.78, 5) is 10.9. The van der Waals surface area contributed by atoms with E-state index in [2.05, 4.69) is 5.32 Å². The Bertz CT molecular complexity index is 378. The van der Waals surface area contributed by atoms with Crippen LogP contribution in [-0.4, -0.2) is 17.6 Å². The van der Waals surface area contributed by atoms with Gasteiger partial charge in [0.2, 0.25) is 0 Å². The van der Waals surface area contributed by atoms with Crippen LogP contribution < -0.4 is 5.32 Å². The van der Waals surface area contributed by atoms with Gasteiger partial charge in [-0.05, 0) is 18.1 Å². The number of aliphatic carboxylic acids is 1. The van der Waals surface area contributed by atoms with E-state index in [1.807, 2.05) is 12.1 Å². The van der Waals surface area contributed by atoms with E-state index >= 15 is 0 Å². The van der Waals surface area contributed by atoms with Crippen molar-refractivity contribution in [3.63, 3.8) is 0 Å². The van der Waals surface area contributed by atoms with Crippen molar-refractivity contribution in [3.05, 3.63) is 34.3 Å². The second kappa shape index (κ2) is 3.59. The summed E-state index contributed by atoms with van der Waals surface area (Å²) in [6.07, 6.45) is 0.833. The number of rotatable bonds is 1. The standard InChI is InChI=1S/C10H10ClNO2/c11-7-3-1-2-6-4-5-12-9(8(6)7)10(13)14/h1-3,9,12H,4-5H2,(H,13,14)/t9-/m1/s1. The molecule has 1 aliphatic heterocycles. The molecule has 14 heavy (non-hydrogen) atoms. The summed E-state index contributed by atoms with van der Waals surface area (Å²) < 4.78 is 0. The maximum absolute atomic E-state index is 10.9. The predicted molar refractivity (Wildman–Crippen MR) is 53.5 cm³/mol. The SMILES string of the molecule is O=C(O)[C@@H]1NCCc2cccc(Cl)c21. The summed E-state index contributed by atoms with van der Waals surface area (Å²) in [7, 11) is 0. The van der Waals surface area contributed by atoms with E-state index in [-0.39, 0.29) is 0 Å². The quantitative estimate of drug-likeness (QED) is 0.742. The number of carboxylic acid groups (broad SMARTS) is 1. The lowest BCUT2D eigenvalue weighted by Crippen LogP contribution is -2.35. The molecule has 0 saturated heterocycles. The molecule has 74 valence electrons. The van der Waals surface area contributed by atoms with Crippen molar-refractivity contribution in [1.82, 2.24) is 5.32 Å². The molecule has 0 bridgehead atoms. The Morgan fingerprint density at radius 2 is 2.36 bits per heavy atom. The van der Waals surface area contributed by atoms with Crippen LogP contribution in [0.3, 0.4) is 0 Å². The van der Waals surface area contributed by atoms with Crippen LogP contribution in [0.25, 0.3) is 0 Å². The third-order valence-corrected chi connectivity index (χ3v) is 2.75. The second-order valence-electron chi connectivity index (χ2n) is 3.29. The van der Waals surface area contributed by atoms with Crippen LogP contribution in [-0.2, 0) is 11.2 Å². The van der Waals surface area contributed by atoms with Crippen molar-refractivity contribution in [2.24, 2.45) is 0 Å². The number of carboxylic acids is 1. The summed E-state index contributed by atoms with van der Waals surface area (Å²) in [5, 5.41) is 12.4. The smallest absolute Gasteiger partial charge is 0.325 e. The average Bonchev–Trinajstić information content (AvgIpc) is 2.17. The normalized spacial score (nSPS) is 20.2. The third-order valence-electron chi connectivity index (χ3n) is 2.42. The monoisotopic (exact) mass is 211 g/mol. The van der Waals surface area contributed by atoms with Crippen LogP contribution in [0.1, 0.15) is 17.2 Å². The summed E-state index contributed by atoms with van der Waals surface area (Å²) >= 11 is 5.98. The molecule has 0 fully saturated rings. The molecule has 0 spiro atoms. The molecule has 2 N–H and O–H groups in total. The molecule has 0 radical (unpaired) electrons. The van der Waals surface area contributed by atoms with Gasteiger partial charge in [0.05, 0.1) is 0 Å². The topological polar surface area (TPSA) is 49.3 Å². The van der Waals surface area contributed by atoms with Crippen LogP contribution in [0.5, 0.6) is 0 Å². The molecule has 1 aliphatic rings. The Balaban J connectivity index is 2.52. The zero-order valence-corrected chi connectivity index (χ0v) is 8.21.